The molecule has 0 atom stereocenters. The van der Waals surface area contributed by atoms with Crippen molar-refractivity contribution in [3.8, 4) is 0 Å². The Bertz CT molecular complexity index is 680. The average molecular weight is 258 g/mol. The van der Waals surface area contributed by atoms with E-state index in [0.717, 1.165) is 11.1 Å². The van der Waals surface area contributed by atoms with Gasteiger partial charge in [-0.05, 0) is 42.3 Å². The van der Waals surface area contributed by atoms with E-state index >= 15 is 0 Å². The number of anilines is 1. The molecule has 0 spiro atoms. The molecule has 1 aliphatic rings. The molecule has 2 nitrogen and oxygen atoms in total. The Balaban J connectivity index is 2.04. The normalized spacial score (nSPS) is 13.8. The van der Waals surface area contributed by atoms with Crippen molar-refractivity contribution in [2.24, 2.45) is 0 Å². The largest absolute Gasteiger partial charge is 0.319 e. The van der Waals surface area contributed by atoms with Crippen LogP contribution in [0.3, 0.4) is 0 Å². The molecule has 19 heavy (non-hydrogen) atoms. The van der Waals surface area contributed by atoms with Crippen LogP contribution in [0.2, 0.25) is 0 Å². The van der Waals surface area contributed by atoms with Gasteiger partial charge in [-0.2, -0.15) is 0 Å². The van der Waals surface area contributed by atoms with Gasteiger partial charge >= 0.3 is 0 Å². The number of hydrogen-bond acceptors (Lipinski definition) is 1. The molecular weight excluding hydrogens is 246 g/mol. The summed E-state index contributed by atoms with van der Waals surface area (Å²) in [5.41, 5.74) is 2.55. The minimum atomic E-state index is -0.380. The third-order valence-electron chi connectivity index (χ3n) is 3.32. The molecule has 3 rings (SSSR count). The van der Waals surface area contributed by atoms with E-state index in [0.29, 0.717) is 17.8 Å². The van der Waals surface area contributed by atoms with E-state index in [1.807, 2.05) is 6.92 Å². The summed E-state index contributed by atoms with van der Waals surface area (Å²) in [4.78, 5) is 1.55. The topological polar surface area (TPSA) is 27.1 Å². The lowest BCUT2D eigenvalue weighted by Crippen LogP contribution is -2.24. The van der Waals surface area contributed by atoms with Crippen molar-refractivity contribution >= 4 is 11.5 Å². The first-order valence-electron chi connectivity index (χ1n) is 5.97. The second-order valence-electron chi connectivity index (χ2n) is 4.69. The average Bonchev–Trinajstić information content (AvgIpc) is 2.67. The number of halogens is 2. The minimum Gasteiger partial charge on any atom is -0.319 e. The van der Waals surface area contributed by atoms with Crippen LogP contribution in [-0.4, -0.2) is 5.84 Å². The maximum atomic E-state index is 14.0. The van der Waals surface area contributed by atoms with Crippen LogP contribution in [0.5, 0.6) is 0 Å². The Morgan fingerprint density at radius 3 is 2.63 bits per heavy atom. The maximum absolute atomic E-state index is 14.0. The highest BCUT2D eigenvalue weighted by Gasteiger charge is 2.27. The predicted molar refractivity (Wildman–Crippen MR) is 70.5 cm³/mol. The number of benzene rings is 2. The van der Waals surface area contributed by atoms with E-state index < -0.39 is 0 Å². The molecule has 0 unspecified atom stereocenters. The van der Waals surface area contributed by atoms with Crippen molar-refractivity contribution in [3.05, 3.63) is 64.7 Å². The van der Waals surface area contributed by atoms with Crippen LogP contribution in [0, 0.1) is 24.0 Å². The fraction of sp³-hybridized carbons (Fsp3) is 0.133. The van der Waals surface area contributed by atoms with Gasteiger partial charge in [0.1, 0.15) is 17.5 Å². The van der Waals surface area contributed by atoms with E-state index in [1.54, 1.807) is 23.1 Å². The van der Waals surface area contributed by atoms with Crippen molar-refractivity contribution in [2.45, 2.75) is 13.5 Å². The lowest BCUT2D eigenvalue weighted by atomic mass is 10.1. The zero-order valence-corrected chi connectivity index (χ0v) is 10.4. The van der Waals surface area contributed by atoms with Gasteiger partial charge in [0, 0.05) is 5.56 Å². The molecule has 2 aromatic rings. The fourth-order valence-electron chi connectivity index (χ4n) is 2.34. The van der Waals surface area contributed by atoms with Gasteiger partial charge in [0.2, 0.25) is 0 Å². The Morgan fingerprint density at radius 1 is 1.11 bits per heavy atom. The first-order valence-corrected chi connectivity index (χ1v) is 5.97. The van der Waals surface area contributed by atoms with E-state index in [9.17, 15) is 8.78 Å². The van der Waals surface area contributed by atoms with Crippen molar-refractivity contribution < 1.29 is 8.78 Å². The molecule has 0 saturated carbocycles. The van der Waals surface area contributed by atoms with Crippen molar-refractivity contribution in [3.63, 3.8) is 0 Å². The number of fused-ring (bicyclic) bond motifs is 1. The second-order valence-corrected chi connectivity index (χ2v) is 4.69. The van der Waals surface area contributed by atoms with Gasteiger partial charge in [-0.3, -0.25) is 5.41 Å². The lowest BCUT2D eigenvalue weighted by Gasteiger charge is -2.18. The molecule has 2 aromatic carbocycles. The zero-order valence-electron chi connectivity index (χ0n) is 10.4. The molecule has 0 amide bonds. The first kappa shape index (κ1) is 11.8. The molecular formula is C15H12F2N2. The summed E-state index contributed by atoms with van der Waals surface area (Å²) in [6, 6.07) is 9.22. The van der Waals surface area contributed by atoms with Crippen LogP contribution >= 0.6 is 0 Å². The highest BCUT2D eigenvalue weighted by Crippen LogP contribution is 2.30. The minimum absolute atomic E-state index is 0.136. The van der Waals surface area contributed by atoms with Gasteiger partial charge < -0.3 is 4.90 Å². The Labute approximate surface area is 109 Å². The molecule has 96 valence electrons. The van der Waals surface area contributed by atoms with E-state index in [2.05, 4.69) is 0 Å². The zero-order chi connectivity index (χ0) is 13.6. The molecule has 0 bridgehead atoms. The summed E-state index contributed by atoms with van der Waals surface area (Å²) in [5, 5.41) is 8.06. The lowest BCUT2D eigenvalue weighted by molar-refractivity contribution is 0.624. The van der Waals surface area contributed by atoms with Crippen LogP contribution in [0.4, 0.5) is 14.5 Å². The van der Waals surface area contributed by atoms with Gasteiger partial charge in [-0.15, -0.1) is 0 Å². The van der Waals surface area contributed by atoms with Crippen LogP contribution in [0.15, 0.2) is 36.4 Å². The van der Waals surface area contributed by atoms with Crippen LogP contribution in [0.1, 0.15) is 16.7 Å². The van der Waals surface area contributed by atoms with Crippen LogP contribution in [-0.2, 0) is 6.54 Å². The van der Waals surface area contributed by atoms with Crippen molar-refractivity contribution in [1.82, 2.24) is 0 Å². The molecule has 4 heteroatoms. The van der Waals surface area contributed by atoms with Crippen molar-refractivity contribution in [2.75, 3.05) is 4.90 Å². The number of hydrogen-bond donors (Lipinski definition) is 1. The van der Waals surface area contributed by atoms with Gasteiger partial charge in [0.25, 0.3) is 0 Å². The molecule has 1 heterocycles. The summed E-state index contributed by atoms with van der Waals surface area (Å²) < 4.78 is 27.2. The molecule has 1 aliphatic heterocycles. The van der Waals surface area contributed by atoms with Crippen molar-refractivity contribution in [1.29, 1.82) is 5.41 Å². The Kier molecular flexibility index (Phi) is 2.59. The summed E-state index contributed by atoms with van der Waals surface area (Å²) >= 11 is 0. The predicted octanol–water partition coefficient (Wildman–Crippen LogP) is 3.62. The monoisotopic (exact) mass is 258 g/mol. The van der Waals surface area contributed by atoms with Gasteiger partial charge in [-0.1, -0.05) is 12.1 Å². The molecule has 0 aromatic heterocycles. The first-order chi connectivity index (χ1) is 9.06. The number of nitrogens with one attached hydrogen (secondary N) is 1. The molecule has 0 radical (unpaired) electrons. The Hall–Kier alpha value is -2.23. The Morgan fingerprint density at radius 2 is 1.89 bits per heavy atom. The van der Waals surface area contributed by atoms with E-state index in [-0.39, 0.29) is 17.5 Å². The van der Waals surface area contributed by atoms with Gasteiger partial charge in [-0.25, -0.2) is 8.78 Å². The summed E-state index contributed by atoms with van der Waals surface area (Å²) in [6.45, 7) is 2.21. The van der Waals surface area contributed by atoms with Crippen LogP contribution < -0.4 is 4.90 Å². The molecule has 0 fully saturated rings. The third-order valence-corrected chi connectivity index (χ3v) is 3.32. The third kappa shape index (κ3) is 1.89. The highest BCUT2D eigenvalue weighted by molar-refractivity contribution is 6.11. The van der Waals surface area contributed by atoms with E-state index in [1.165, 1.54) is 18.2 Å². The smallest absolute Gasteiger partial charge is 0.147 e. The SMILES string of the molecule is Cc1ccc(N2Cc3ccc(F)cc3C2=N)c(F)c1. The molecule has 1 N–H and O–H groups in total. The highest BCUT2D eigenvalue weighted by atomic mass is 19.1. The van der Waals surface area contributed by atoms with Crippen LogP contribution in [0.25, 0.3) is 0 Å². The summed E-state index contributed by atoms with van der Waals surface area (Å²) in [6.07, 6.45) is 0. The van der Waals surface area contributed by atoms with Gasteiger partial charge in [0.05, 0.1) is 12.2 Å². The number of rotatable bonds is 1. The number of amidine groups is 1. The fourth-order valence-corrected chi connectivity index (χ4v) is 2.34. The van der Waals surface area contributed by atoms with E-state index in [4.69, 9.17) is 5.41 Å². The standard InChI is InChI=1S/C15H12F2N2/c1-9-2-5-14(13(17)6-9)19-8-10-3-4-11(16)7-12(10)15(19)18/h2-7,18H,8H2,1H3. The summed E-state index contributed by atoms with van der Waals surface area (Å²) in [5.74, 6) is -0.606. The maximum Gasteiger partial charge on any atom is 0.147 e. The number of aryl methyl sites for hydroxylation is 1. The quantitative estimate of drug-likeness (QED) is 0.831. The molecule has 0 saturated heterocycles. The van der Waals surface area contributed by atoms with Gasteiger partial charge in [0.15, 0.2) is 0 Å². The summed E-state index contributed by atoms with van der Waals surface area (Å²) in [7, 11) is 0. The number of nitrogens with zero attached hydrogens (tertiary/aromatic N) is 1. The molecule has 0 aliphatic carbocycles. The second kappa shape index (κ2) is 4.16.